The second kappa shape index (κ2) is 9.57. The normalized spacial score (nSPS) is 22.8. The summed E-state index contributed by atoms with van der Waals surface area (Å²) in [5, 5.41) is 0. The highest BCUT2D eigenvalue weighted by molar-refractivity contribution is 7.85. The summed E-state index contributed by atoms with van der Waals surface area (Å²) in [5.74, 6) is 1.55. The molecule has 0 saturated carbocycles. The highest BCUT2D eigenvalue weighted by Crippen LogP contribution is 2.34. The number of ether oxygens (including phenoxy) is 1. The molecule has 0 spiro atoms. The fourth-order valence-corrected chi connectivity index (χ4v) is 5.66. The third-order valence-electron chi connectivity index (χ3n) is 6.25. The van der Waals surface area contributed by atoms with E-state index in [0.29, 0.717) is 6.73 Å². The van der Waals surface area contributed by atoms with Crippen molar-refractivity contribution in [1.82, 2.24) is 14.8 Å². The molecule has 0 radical (unpaired) electrons. The molecule has 2 bridgehead atoms. The number of nitrogens with zero attached hydrogens (tertiary/aromatic N) is 3. The van der Waals surface area contributed by atoms with Gasteiger partial charge in [-0.3, -0.25) is 19.0 Å². The molecule has 0 N–H and O–H groups in total. The molecule has 1 atom stereocenters. The van der Waals surface area contributed by atoms with Crippen molar-refractivity contribution in [2.24, 2.45) is 0 Å². The minimum Gasteiger partial charge on any atom is -0.352 e. The van der Waals surface area contributed by atoms with E-state index in [4.69, 9.17) is 9.72 Å². The van der Waals surface area contributed by atoms with Crippen LogP contribution in [0.1, 0.15) is 22.9 Å². The van der Waals surface area contributed by atoms with Crippen molar-refractivity contribution in [2.45, 2.75) is 12.5 Å². The Hall–Kier alpha value is -2.12. The van der Waals surface area contributed by atoms with E-state index in [1.165, 1.54) is 22.3 Å². The van der Waals surface area contributed by atoms with Gasteiger partial charge < -0.3 is 4.74 Å². The van der Waals surface area contributed by atoms with Crippen LogP contribution in [-0.4, -0.2) is 70.0 Å². The molecule has 3 heterocycles. The van der Waals surface area contributed by atoms with Gasteiger partial charge in [0.15, 0.2) is 0 Å². The average molecular weight is 436 g/mol. The van der Waals surface area contributed by atoms with E-state index < -0.39 is 10.8 Å². The lowest BCUT2D eigenvalue weighted by Gasteiger charge is -2.28. The molecule has 1 aliphatic carbocycles. The maximum atomic E-state index is 11.8. The number of benzene rings is 1. The van der Waals surface area contributed by atoms with E-state index in [1.54, 1.807) is 0 Å². The van der Waals surface area contributed by atoms with E-state index in [9.17, 15) is 4.21 Å². The molecule has 6 heteroatoms. The van der Waals surface area contributed by atoms with E-state index in [0.717, 1.165) is 56.3 Å². The van der Waals surface area contributed by atoms with E-state index >= 15 is 0 Å². The highest BCUT2D eigenvalue weighted by Gasteiger charge is 2.27. The van der Waals surface area contributed by atoms with Gasteiger partial charge in [-0.05, 0) is 35.3 Å². The number of hydrogen-bond acceptors (Lipinski definition) is 5. The van der Waals surface area contributed by atoms with Crippen LogP contribution in [0.4, 0.5) is 0 Å². The predicted octanol–water partition coefficient (Wildman–Crippen LogP) is 3.04. The molecule has 31 heavy (non-hydrogen) atoms. The molecule has 1 fully saturated rings. The summed E-state index contributed by atoms with van der Waals surface area (Å²) in [6, 6.07) is 14.8. The van der Waals surface area contributed by atoms with Gasteiger partial charge in [-0.25, -0.2) is 0 Å². The van der Waals surface area contributed by atoms with Crippen LogP contribution >= 0.6 is 0 Å². The van der Waals surface area contributed by atoms with Gasteiger partial charge >= 0.3 is 0 Å². The minimum atomic E-state index is -0.657. The van der Waals surface area contributed by atoms with Gasteiger partial charge in [-0.2, -0.15) is 0 Å². The van der Waals surface area contributed by atoms with E-state index in [1.807, 2.05) is 12.3 Å². The lowest BCUT2D eigenvalue weighted by Crippen LogP contribution is -2.38. The van der Waals surface area contributed by atoms with Crippen LogP contribution in [0.2, 0.25) is 0 Å². The molecule has 5 nitrogen and oxygen atoms in total. The zero-order valence-corrected chi connectivity index (χ0v) is 18.6. The van der Waals surface area contributed by atoms with E-state index in [2.05, 4.69) is 58.4 Å². The van der Waals surface area contributed by atoms with Crippen LogP contribution in [0.25, 0.3) is 5.57 Å². The van der Waals surface area contributed by atoms with Crippen molar-refractivity contribution >= 4 is 16.4 Å². The Balaban J connectivity index is 1.35. The maximum Gasteiger partial charge on any atom is 0.121 e. The molecular weight excluding hydrogens is 406 g/mol. The minimum absolute atomic E-state index is 0.115. The molecule has 5 rings (SSSR count). The third kappa shape index (κ3) is 5.04. The van der Waals surface area contributed by atoms with Gasteiger partial charge in [0, 0.05) is 66.8 Å². The van der Waals surface area contributed by atoms with Gasteiger partial charge in [-0.15, -0.1) is 0 Å². The lowest BCUT2D eigenvalue weighted by atomic mass is 10.0. The summed E-state index contributed by atoms with van der Waals surface area (Å²) in [7, 11) is -0.657. The summed E-state index contributed by atoms with van der Waals surface area (Å²) in [6.07, 6.45) is 7.35. The van der Waals surface area contributed by atoms with Crippen molar-refractivity contribution in [3.05, 3.63) is 83.2 Å². The molecule has 2 aromatic rings. The van der Waals surface area contributed by atoms with Gasteiger partial charge in [0.1, 0.15) is 12.8 Å². The Kier molecular flexibility index (Phi) is 6.41. The number of rotatable bonds is 5. The van der Waals surface area contributed by atoms with Crippen LogP contribution in [0.15, 0.2) is 66.4 Å². The Morgan fingerprint density at radius 2 is 1.90 bits per heavy atom. The van der Waals surface area contributed by atoms with Gasteiger partial charge in [-0.1, -0.05) is 42.5 Å². The summed E-state index contributed by atoms with van der Waals surface area (Å²) >= 11 is 0. The van der Waals surface area contributed by atoms with Crippen molar-refractivity contribution in [3.8, 4) is 0 Å². The first-order chi connectivity index (χ1) is 15.2. The number of fused-ring (bicyclic) bond motifs is 3. The van der Waals surface area contributed by atoms with Gasteiger partial charge in [0.25, 0.3) is 0 Å². The summed E-state index contributed by atoms with van der Waals surface area (Å²) in [4.78, 5) is 9.52. The molecule has 0 amide bonds. The molecule has 1 saturated heterocycles. The quantitative estimate of drug-likeness (QED) is 0.722. The lowest BCUT2D eigenvalue weighted by molar-refractivity contribution is 0.00680. The predicted molar refractivity (Wildman–Crippen MR) is 125 cm³/mol. The fraction of sp³-hybridized carbons (Fsp3) is 0.400. The molecule has 1 aromatic heterocycles. The fourth-order valence-electron chi connectivity index (χ4n) is 4.53. The highest BCUT2D eigenvalue weighted by atomic mass is 32.2. The van der Waals surface area contributed by atoms with Crippen LogP contribution in [0.5, 0.6) is 0 Å². The first kappa shape index (κ1) is 20.8. The van der Waals surface area contributed by atoms with Crippen LogP contribution in [-0.2, 0) is 22.0 Å². The monoisotopic (exact) mass is 435 g/mol. The number of hydrogen-bond donors (Lipinski definition) is 0. The largest absolute Gasteiger partial charge is 0.352 e. The Bertz CT molecular complexity index is 995. The smallest absolute Gasteiger partial charge is 0.121 e. The van der Waals surface area contributed by atoms with Gasteiger partial charge in [0.05, 0.1) is 5.69 Å². The first-order valence-electron chi connectivity index (χ1n) is 11.1. The molecule has 1 aromatic carbocycles. The van der Waals surface area contributed by atoms with E-state index in [-0.39, 0.29) is 6.10 Å². The SMILES string of the molecule is O=S1CCN(CC2=CC3=CC(OCN(CCc4ccccc4)C3)c3ncccc32)CC1. The Morgan fingerprint density at radius 1 is 1.06 bits per heavy atom. The third-order valence-corrected chi connectivity index (χ3v) is 7.52. The van der Waals surface area contributed by atoms with Crippen molar-refractivity contribution < 1.29 is 8.95 Å². The second-order valence-corrected chi connectivity index (χ2v) is 10.2. The van der Waals surface area contributed by atoms with Gasteiger partial charge in [0.2, 0.25) is 0 Å². The molecule has 3 aliphatic rings. The van der Waals surface area contributed by atoms with Crippen molar-refractivity contribution in [1.29, 1.82) is 0 Å². The molecule has 162 valence electrons. The Labute approximate surface area is 186 Å². The van der Waals surface area contributed by atoms with Crippen LogP contribution in [0, 0.1) is 0 Å². The van der Waals surface area contributed by atoms with Crippen molar-refractivity contribution in [2.75, 3.05) is 51.0 Å². The standard InChI is InChI=1S/C25H29N3O2S/c29-31-13-11-27(12-14-31)18-22-15-21-16-24(25-23(22)7-4-9-26-25)30-19-28(17-21)10-8-20-5-2-1-3-6-20/h1-7,9,15-16,24H,8,10-14,17-19H2. The second-order valence-electron chi connectivity index (χ2n) is 8.48. The number of aromatic nitrogens is 1. The molecular formula is C25H29N3O2S. The molecule has 1 unspecified atom stereocenters. The topological polar surface area (TPSA) is 45.7 Å². The maximum absolute atomic E-state index is 11.8. The zero-order valence-electron chi connectivity index (χ0n) is 17.8. The zero-order chi connectivity index (χ0) is 21.0. The van der Waals surface area contributed by atoms with Crippen LogP contribution < -0.4 is 0 Å². The van der Waals surface area contributed by atoms with Crippen LogP contribution in [0.3, 0.4) is 0 Å². The first-order valence-corrected chi connectivity index (χ1v) is 12.6. The summed E-state index contributed by atoms with van der Waals surface area (Å²) in [6.45, 7) is 5.09. The average Bonchev–Trinajstić information content (AvgIpc) is 3.09. The number of pyridine rings is 1. The van der Waals surface area contributed by atoms with Crippen molar-refractivity contribution in [3.63, 3.8) is 0 Å². The summed E-state index contributed by atoms with van der Waals surface area (Å²) < 4.78 is 18.1. The molecule has 2 aliphatic heterocycles. The Morgan fingerprint density at radius 3 is 2.74 bits per heavy atom. The summed E-state index contributed by atoms with van der Waals surface area (Å²) in [5.41, 5.74) is 6.13.